The Labute approximate surface area is 146 Å². The van der Waals surface area contributed by atoms with Crippen molar-refractivity contribution < 1.29 is 9.13 Å². The highest BCUT2D eigenvalue weighted by Gasteiger charge is 2.21. The van der Waals surface area contributed by atoms with Gasteiger partial charge in [-0.15, -0.1) is 0 Å². The standard InChI is InChI=1S/C17H23FN6O/c1-3-13-15(18)16(21-12-20-13)23-8-5-9-24(11-10-23)17-19-7-6-14(22-17)25-4-2/h6-7,12H,3-5,8-11H2,1-2H3. The van der Waals surface area contributed by atoms with E-state index in [9.17, 15) is 4.39 Å². The summed E-state index contributed by atoms with van der Waals surface area (Å²) in [5.41, 5.74) is 0.457. The maximum Gasteiger partial charge on any atom is 0.228 e. The second-order valence-corrected chi connectivity index (χ2v) is 5.77. The second-order valence-electron chi connectivity index (χ2n) is 5.77. The van der Waals surface area contributed by atoms with Crippen LogP contribution in [0.2, 0.25) is 0 Å². The van der Waals surface area contributed by atoms with Crippen LogP contribution in [0.5, 0.6) is 5.88 Å². The molecule has 0 aliphatic carbocycles. The summed E-state index contributed by atoms with van der Waals surface area (Å²) in [7, 11) is 0. The molecule has 134 valence electrons. The first kappa shape index (κ1) is 17.3. The Morgan fingerprint density at radius 2 is 1.88 bits per heavy atom. The van der Waals surface area contributed by atoms with Crippen molar-refractivity contribution in [2.24, 2.45) is 0 Å². The minimum absolute atomic E-state index is 0.312. The number of aromatic nitrogens is 4. The van der Waals surface area contributed by atoms with E-state index in [0.717, 1.165) is 19.5 Å². The predicted molar refractivity (Wildman–Crippen MR) is 93.6 cm³/mol. The minimum atomic E-state index is -0.312. The smallest absolute Gasteiger partial charge is 0.228 e. The fourth-order valence-corrected chi connectivity index (χ4v) is 2.90. The van der Waals surface area contributed by atoms with Gasteiger partial charge in [0.2, 0.25) is 11.8 Å². The van der Waals surface area contributed by atoms with Gasteiger partial charge in [-0.1, -0.05) is 6.92 Å². The largest absolute Gasteiger partial charge is 0.478 e. The van der Waals surface area contributed by atoms with Crippen LogP contribution in [0.15, 0.2) is 18.6 Å². The van der Waals surface area contributed by atoms with Gasteiger partial charge in [-0.3, -0.25) is 0 Å². The monoisotopic (exact) mass is 346 g/mol. The molecule has 1 aliphatic heterocycles. The number of halogens is 1. The van der Waals surface area contributed by atoms with Crippen LogP contribution in [0.3, 0.4) is 0 Å². The van der Waals surface area contributed by atoms with Crippen molar-refractivity contribution in [1.82, 2.24) is 19.9 Å². The van der Waals surface area contributed by atoms with Gasteiger partial charge in [0.25, 0.3) is 0 Å². The lowest BCUT2D eigenvalue weighted by atomic mass is 10.3. The van der Waals surface area contributed by atoms with Gasteiger partial charge in [-0.05, 0) is 19.8 Å². The first-order valence-corrected chi connectivity index (χ1v) is 8.68. The molecule has 0 saturated carbocycles. The number of hydrogen-bond donors (Lipinski definition) is 0. The van der Waals surface area contributed by atoms with E-state index in [4.69, 9.17) is 4.74 Å². The van der Waals surface area contributed by atoms with Crippen LogP contribution < -0.4 is 14.5 Å². The molecule has 0 spiro atoms. The molecule has 0 atom stereocenters. The van der Waals surface area contributed by atoms with Gasteiger partial charge in [0, 0.05) is 38.4 Å². The van der Waals surface area contributed by atoms with Crippen molar-refractivity contribution in [3.05, 3.63) is 30.1 Å². The van der Waals surface area contributed by atoms with Gasteiger partial charge in [-0.2, -0.15) is 4.98 Å². The van der Waals surface area contributed by atoms with Crippen molar-refractivity contribution in [2.45, 2.75) is 26.7 Å². The van der Waals surface area contributed by atoms with Crippen molar-refractivity contribution >= 4 is 11.8 Å². The first-order valence-electron chi connectivity index (χ1n) is 8.68. The SMILES string of the molecule is CCOc1ccnc(N2CCCN(c3ncnc(CC)c3F)CC2)n1. The molecule has 3 rings (SSSR count). The van der Waals surface area contributed by atoms with E-state index in [1.165, 1.54) is 6.33 Å². The van der Waals surface area contributed by atoms with Gasteiger partial charge >= 0.3 is 0 Å². The summed E-state index contributed by atoms with van der Waals surface area (Å²) in [5, 5.41) is 0. The molecule has 7 nitrogen and oxygen atoms in total. The summed E-state index contributed by atoms with van der Waals surface area (Å²) in [6.45, 7) is 7.27. The third-order valence-electron chi connectivity index (χ3n) is 4.17. The van der Waals surface area contributed by atoms with Gasteiger partial charge < -0.3 is 14.5 Å². The Kier molecular flexibility index (Phi) is 5.57. The molecule has 2 aromatic rings. The van der Waals surface area contributed by atoms with Crippen molar-refractivity contribution in [2.75, 3.05) is 42.6 Å². The summed E-state index contributed by atoms with van der Waals surface area (Å²) in [5.74, 6) is 1.29. The normalized spacial score (nSPS) is 15.2. The summed E-state index contributed by atoms with van der Waals surface area (Å²) < 4.78 is 20.0. The average molecular weight is 346 g/mol. The molecule has 0 aromatic carbocycles. The van der Waals surface area contributed by atoms with Gasteiger partial charge in [0.15, 0.2) is 11.6 Å². The fraction of sp³-hybridized carbons (Fsp3) is 0.529. The van der Waals surface area contributed by atoms with Crippen molar-refractivity contribution in [3.8, 4) is 5.88 Å². The molecular weight excluding hydrogens is 323 g/mol. The van der Waals surface area contributed by atoms with Gasteiger partial charge in [0.1, 0.15) is 6.33 Å². The average Bonchev–Trinajstić information content (AvgIpc) is 2.89. The Bertz CT molecular complexity index is 713. The van der Waals surface area contributed by atoms with Crippen LogP contribution >= 0.6 is 0 Å². The number of ether oxygens (including phenoxy) is 1. The van der Waals surface area contributed by atoms with E-state index in [-0.39, 0.29) is 5.82 Å². The number of hydrogen-bond acceptors (Lipinski definition) is 7. The number of nitrogens with zero attached hydrogens (tertiary/aromatic N) is 6. The molecule has 1 aliphatic rings. The first-order chi connectivity index (χ1) is 12.2. The Morgan fingerprint density at radius 3 is 2.68 bits per heavy atom. The van der Waals surface area contributed by atoms with E-state index >= 15 is 0 Å². The molecule has 3 heterocycles. The zero-order valence-electron chi connectivity index (χ0n) is 14.7. The third-order valence-corrected chi connectivity index (χ3v) is 4.17. The van der Waals surface area contributed by atoms with E-state index in [2.05, 4.69) is 24.8 Å². The fourth-order valence-electron chi connectivity index (χ4n) is 2.90. The predicted octanol–water partition coefficient (Wildman–Crippen LogP) is 2.08. The molecule has 2 aromatic heterocycles. The lowest BCUT2D eigenvalue weighted by Crippen LogP contribution is -2.32. The maximum atomic E-state index is 14.5. The number of aryl methyl sites for hydroxylation is 1. The Hall–Kier alpha value is -2.51. The Balaban J connectivity index is 1.73. The zero-order chi connectivity index (χ0) is 17.6. The van der Waals surface area contributed by atoms with E-state index in [0.29, 0.717) is 49.5 Å². The zero-order valence-corrected chi connectivity index (χ0v) is 14.7. The number of rotatable bonds is 5. The molecule has 0 N–H and O–H groups in total. The molecule has 0 unspecified atom stereocenters. The molecular formula is C17H23FN6O. The van der Waals surface area contributed by atoms with Crippen molar-refractivity contribution in [1.29, 1.82) is 0 Å². The highest BCUT2D eigenvalue weighted by Crippen LogP contribution is 2.21. The highest BCUT2D eigenvalue weighted by atomic mass is 19.1. The molecule has 25 heavy (non-hydrogen) atoms. The molecule has 0 radical (unpaired) electrons. The molecule has 8 heteroatoms. The van der Waals surface area contributed by atoms with Crippen molar-refractivity contribution in [3.63, 3.8) is 0 Å². The molecule has 1 fully saturated rings. The van der Waals surface area contributed by atoms with Crippen LogP contribution in [0.1, 0.15) is 26.0 Å². The van der Waals surface area contributed by atoms with E-state index in [1.807, 2.05) is 18.7 Å². The van der Waals surface area contributed by atoms with Crippen LogP contribution in [0.25, 0.3) is 0 Å². The maximum absolute atomic E-state index is 14.5. The van der Waals surface area contributed by atoms with Gasteiger partial charge in [0.05, 0.1) is 12.3 Å². The quantitative estimate of drug-likeness (QED) is 0.821. The highest BCUT2D eigenvalue weighted by molar-refractivity contribution is 5.43. The molecule has 0 amide bonds. The van der Waals surface area contributed by atoms with E-state index in [1.54, 1.807) is 12.3 Å². The Morgan fingerprint density at radius 1 is 1.08 bits per heavy atom. The van der Waals surface area contributed by atoms with Crippen LogP contribution in [-0.4, -0.2) is 52.7 Å². The van der Waals surface area contributed by atoms with Crippen LogP contribution in [0.4, 0.5) is 16.2 Å². The minimum Gasteiger partial charge on any atom is -0.478 e. The molecule has 0 bridgehead atoms. The summed E-state index contributed by atoms with van der Waals surface area (Å²) in [6, 6.07) is 1.75. The topological polar surface area (TPSA) is 67.3 Å². The van der Waals surface area contributed by atoms with E-state index < -0.39 is 0 Å². The third kappa shape index (κ3) is 3.94. The summed E-state index contributed by atoms with van der Waals surface area (Å²) >= 11 is 0. The van der Waals surface area contributed by atoms with Gasteiger partial charge in [-0.25, -0.2) is 19.3 Å². The van der Waals surface area contributed by atoms with Crippen LogP contribution in [-0.2, 0) is 6.42 Å². The lowest BCUT2D eigenvalue weighted by molar-refractivity contribution is 0.326. The summed E-state index contributed by atoms with van der Waals surface area (Å²) in [4.78, 5) is 21.0. The van der Waals surface area contributed by atoms with Crippen LogP contribution in [0, 0.1) is 5.82 Å². The number of anilines is 2. The lowest BCUT2D eigenvalue weighted by Gasteiger charge is -2.23. The molecule has 1 saturated heterocycles. The summed E-state index contributed by atoms with van der Waals surface area (Å²) in [6.07, 6.45) is 4.56. The second kappa shape index (κ2) is 8.04.